The van der Waals surface area contributed by atoms with Crippen molar-refractivity contribution in [1.82, 2.24) is 5.32 Å². The monoisotopic (exact) mass is 351 g/mol. The molecule has 1 N–H and O–H groups in total. The van der Waals surface area contributed by atoms with Gasteiger partial charge in [0.1, 0.15) is 5.75 Å². The van der Waals surface area contributed by atoms with Crippen molar-refractivity contribution in [1.29, 1.82) is 0 Å². The summed E-state index contributed by atoms with van der Waals surface area (Å²) in [5, 5.41) is 2.74. The van der Waals surface area contributed by atoms with Gasteiger partial charge < -0.3 is 10.1 Å². The molecule has 1 saturated carbocycles. The maximum Gasteiger partial charge on any atom is 0.573 e. The van der Waals surface area contributed by atoms with Gasteiger partial charge in [0.05, 0.1) is 0 Å². The smallest absolute Gasteiger partial charge is 0.406 e. The molecular weight excluding hydrogens is 339 g/mol. The molecule has 110 valence electrons. The number of carbonyl (C=O) groups excluding carboxylic acids is 1. The van der Waals surface area contributed by atoms with Gasteiger partial charge in [-0.25, -0.2) is 0 Å². The van der Waals surface area contributed by atoms with E-state index < -0.39 is 6.36 Å². The van der Waals surface area contributed by atoms with Crippen molar-refractivity contribution in [3.8, 4) is 5.75 Å². The van der Waals surface area contributed by atoms with E-state index in [0.717, 1.165) is 25.0 Å². The zero-order valence-electron chi connectivity index (χ0n) is 10.4. The zero-order valence-corrected chi connectivity index (χ0v) is 12.0. The lowest BCUT2D eigenvalue weighted by Gasteiger charge is -2.11. The summed E-state index contributed by atoms with van der Waals surface area (Å²) in [6, 6.07) is 4.84. The Kier molecular flexibility index (Phi) is 4.57. The van der Waals surface area contributed by atoms with Gasteiger partial charge in [-0.15, -0.1) is 13.2 Å². The van der Waals surface area contributed by atoms with Gasteiger partial charge >= 0.3 is 6.36 Å². The van der Waals surface area contributed by atoms with E-state index in [1.54, 1.807) is 0 Å². The molecule has 0 bridgehead atoms. The summed E-state index contributed by atoms with van der Waals surface area (Å²) in [5.74, 6) is -0.0445. The summed E-state index contributed by atoms with van der Waals surface area (Å²) >= 11 is 3.49. The number of amides is 1. The molecule has 1 aromatic rings. The lowest BCUT2D eigenvalue weighted by atomic mass is 10.2. The van der Waals surface area contributed by atoms with E-state index in [-0.39, 0.29) is 16.5 Å². The summed E-state index contributed by atoms with van der Waals surface area (Å²) < 4.78 is 39.7. The standard InChI is InChI=1S/C13H13BrF3NO2/c14-11(8-1-2-8)7-18-12(19)9-3-5-10(6-4-9)20-13(15,16)17/h3-6,8,11H,1-2,7H2,(H,18,19). The molecule has 2 rings (SSSR count). The summed E-state index contributed by atoms with van der Waals surface area (Å²) in [6.07, 6.45) is -2.40. The molecule has 1 amide bonds. The molecule has 1 aliphatic carbocycles. The number of rotatable bonds is 5. The summed E-state index contributed by atoms with van der Waals surface area (Å²) in [5.41, 5.74) is 0.301. The van der Waals surface area contributed by atoms with E-state index in [0.29, 0.717) is 18.0 Å². The highest BCUT2D eigenvalue weighted by Crippen LogP contribution is 2.36. The fourth-order valence-corrected chi connectivity index (χ4v) is 2.42. The van der Waals surface area contributed by atoms with Gasteiger partial charge in [-0.05, 0) is 43.0 Å². The van der Waals surface area contributed by atoms with Crippen molar-refractivity contribution >= 4 is 21.8 Å². The fraction of sp³-hybridized carbons (Fsp3) is 0.462. The molecule has 0 aliphatic heterocycles. The lowest BCUT2D eigenvalue weighted by Crippen LogP contribution is -2.30. The van der Waals surface area contributed by atoms with Crippen molar-refractivity contribution in [2.75, 3.05) is 6.54 Å². The predicted molar refractivity (Wildman–Crippen MR) is 70.9 cm³/mol. The van der Waals surface area contributed by atoms with Gasteiger partial charge in [0.25, 0.3) is 5.91 Å². The second-order valence-corrected chi connectivity index (χ2v) is 5.81. The third-order valence-corrected chi connectivity index (χ3v) is 4.01. The molecule has 1 fully saturated rings. The molecule has 1 aromatic carbocycles. The van der Waals surface area contributed by atoms with E-state index in [9.17, 15) is 18.0 Å². The number of benzene rings is 1. The van der Waals surface area contributed by atoms with Crippen LogP contribution in [0.5, 0.6) is 5.75 Å². The van der Waals surface area contributed by atoms with Crippen LogP contribution in [-0.4, -0.2) is 23.6 Å². The largest absolute Gasteiger partial charge is 0.573 e. The molecule has 1 unspecified atom stereocenters. The van der Waals surface area contributed by atoms with Crippen LogP contribution in [0.3, 0.4) is 0 Å². The molecule has 3 nitrogen and oxygen atoms in total. The highest BCUT2D eigenvalue weighted by atomic mass is 79.9. The molecule has 1 atom stereocenters. The predicted octanol–water partition coefficient (Wildman–Crippen LogP) is 3.49. The number of nitrogens with one attached hydrogen (secondary N) is 1. The second kappa shape index (κ2) is 6.03. The molecule has 0 aromatic heterocycles. The Hall–Kier alpha value is -1.24. The highest BCUT2D eigenvalue weighted by molar-refractivity contribution is 9.09. The van der Waals surface area contributed by atoms with Crippen molar-refractivity contribution in [3.05, 3.63) is 29.8 Å². The van der Waals surface area contributed by atoms with Crippen molar-refractivity contribution in [2.45, 2.75) is 24.0 Å². The Morgan fingerprint density at radius 2 is 1.95 bits per heavy atom. The van der Waals surface area contributed by atoms with Crippen LogP contribution in [-0.2, 0) is 0 Å². The Labute approximate surface area is 122 Å². The van der Waals surface area contributed by atoms with Crippen molar-refractivity contribution < 1.29 is 22.7 Å². The average Bonchev–Trinajstić information content (AvgIpc) is 3.18. The van der Waals surface area contributed by atoms with Gasteiger partial charge in [0, 0.05) is 16.9 Å². The Morgan fingerprint density at radius 3 is 2.45 bits per heavy atom. The quantitative estimate of drug-likeness (QED) is 0.824. The highest BCUT2D eigenvalue weighted by Gasteiger charge is 2.31. The summed E-state index contributed by atoms with van der Waals surface area (Å²) in [7, 11) is 0. The minimum absolute atomic E-state index is 0.249. The zero-order chi connectivity index (χ0) is 14.8. The Bertz CT molecular complexity index is 471. The first-order chi connectivity index (χ1) is 9.35. The first-order valence-corrected chi connectivity index (χ1v) is 7.05. The average molecular weight is 352 g/mol. The van der Waals surface area contributed by atoms with Crippen molar-refractivity contribution in [3.63, 3.8) is 0 Å². The van der Waals surface area contributed by atoms with Crippen LogP contribution >= 0.6 is 15.9 Å². The molecule has 20 heavy (non-hydrogen) atoms. The molecule has 1 aliphatic rings. The fourth-order valence-electron chi connectivity index (χ4n) is 1.72. The first-order valence-electron chi connectivity index (χ1n) is 6.13. The summed E-state index contributed by atoms with van der Waals surface area (Å²) in [4.78, 5) is 12.0. The van der Waals surface area contributed by atoms with Crippen LogP contribution in [0.2, 0.25) is 0 Å². The Morgan fingerprint density at radius 1 is 1.35 bits per heavy atom. The van der Waals surface area contributed by atoms with Crippen LogP contribution in [0.15, 0.2) is 24.3 Å². The van der Waals surface area contributed by atoms with Gasteiger partial charge in [0.15, 0.2) is 0 Å². The minimum Gasteiger partial charge on any atom is -0.406 e. The number of ether oxygens (including phenoxy) is 1. The van der Waals surface area contributed by atoms with Crippen LogP contribution in [0.1, 0.15) is 23.2 Å². The summed E-state index contributed by atoms with van der Waals surface area (Å²) in [6.45, 7) is 0.504. The molecular formula is C13H13BrF3NO2. The topological polar surface area (TPSA) is 38.3 Å². The maximum atomic E-state index is 12.0. The third kappa shape index (κ3) is 4.70. The maximum absolute atomic E-state index is 12.0. The minimum atomic E-state index is -4.72. The van der Waals surface area contributed by atoms with Crippen LogP contribution in [0, 0.1) is 5.92 Å². The van der Waals surface area contributed by atoms with Crippen LogP contribution < -0.4 is 10.1 Å². The van der Waals surface area contributed by atoms with E-state index in [2.05, 4.69) is 26.0 Å². The van der Waals surface area contributed by atoms with Gasteiger partial charge in [-0.1, -0.05) is 15.9 Å². The van der Waals surface area contributed by atoms with Gasteiger partial charge in [-0.3, -0.25) is 4.79 Å². The third-order valence-electron chi connectivity index (χ3n) is 2.94. The molecule has 7 heteroatoms. The van der Waals surface area contributed by atoms with E-state index in [1.807, 2.05) is 0 Å². The Balaban J connectivity index is 1.86. The normalized spacial score (nSPS) is 16.6. The second-order valence-electron chi connectivity index (χ2n) is 4.64. The number of hydrogen-bond donors (Lipinski definition) is 1. The number of halogens is 4. The molecule has 0 heterocycles. The van der Waals surface area contributed by atoms with Crippen molar-refractivity contribution in [2.24, 2.45) is 5.92 Å². The number of carbonyl (C=O) groups is 1. The van der Waals surface area contributed by atoms with E-state index in [1.165, 1.54) is 12.1 Å². The molecule has 0 spiro atoms. The van der Waals surface area contributed by atoms with E-state index in [4.69, 9.17) is 0 Å². The molecule has 0 radical (unpaired) electrons. The molecule has 0 saturated heterocycles. The lowest BCUT2D eigenvalue weighted by molar-refractivity contribution is -0.274. The van der Waals surface area contributed by atoms with Gasteiger partial charge in [0.2, 0.25) is 0 Å². The number of hydrogen-bond acceptors (Lipinski definition) is 2. The number of alkyl halides is 4. The SMILES string of the molecule is O=C(NCC(Br)C1CC1)c1ccc(OC(F)(F)F)cc1. The van der Waals surface area contributed by atoms with Gasteiger partial charge in [-0.2, -0.15) is 0 Å². The first kappa shape index (κ1) is 15.2. The van der Waals surface area contributed by atoms with E-state index >= 15 is 0 Å². The van der Waals surface area contributed by atoms with Crippen LogP contribution in [0.25, 0.3) is 0 Å². The van der Waals surface area contributed by atoms with Crippen LogP contribution in [0.4, 0.5) is 13.2 Å².